The van der Waals surface area contributed by atoms with Gasteiger partial charge in [-0.1, -0.05) is 29.8 Å². The van der Waals surface area contributed by atoms with E-state index in [1.807, 2.05) is 75.1 Å². The maximum atomic E-state index is 13.3. The van der Waals surface area contributed by atoms with Crippen molar-refractivity contribution in [2.45, 2.75) is 27.7 Å². The van der Waals surface area contributed by atoms with Crippen LogP contribution in [-0.4, -0.2) is 59.3 Å². The Kier molecular flexibility index (Phi) is 6.24. The summed E-state index contributed by atoms with van der Waals surface area (Å²) in [6, 6.07) is 13.9. The zero-order chi connectivity index (χ0) is 22.8. The summed E-state index contributed by atoms with van der Waals surface area (Å²) < 4.78 is 0. The minimum atomic E-state index is -0.0200. The fourth-order valence-corrected chi connectivity index (χ4v) is 4.32. The first-order valence-corrected chi connectivity index (χ1v) is 11.1. The molecule has 32 heavy (non-hydrogen) atoms. The SMILES string of the molecule is Cc1ccc2nc(C)cc(C(=O)N3CCN(CC(=O)Nc4c(C)cccc4C)CC3)c2c1. The van der Waals surface area contributed by atoms with Crippen molar-refractivity contribution in [1.82, 2.24) is 14.8 Å². The summed E-state index contributed by atoms with van der Waals surface area (Å²) in [4.78, 5) is 34.5. The highest BCUT2D eigenvalue weighted by Gasteiger charge is 2.25. The number of nitrogens with one attached hydrogen (secondary N) is 1. The van der Waals surface area contributed by atoms with Gasteiger partial charge < -0.3 is 10.2 Å². The van der Waals surface area contributed by atoms with Crippen molar-refractivity contribution < 1.29 is 9.59 Å². The van der Waals surface area contributed by atoms with Gasteiger partial charge in [0.25, 0.3) is 5.91 Å². The van der Waals surface area contributed by atoms with Crippen molar-refractivity contribution in [3.05, 3.63) is 70.4 Å². The number of fused-ring (bicyclic) bond motifs is 1. The summed E-state index contributed by atoms with van der Waals surface area (Å²) in [6.07, 6.45) is 0. The lowest BCUT2D eigenvalue weighted by molar-refractivity contribution is -0.117. The first-order chi connectivity index (χ1) is 15.3. The standard InChI is InChI=1S/C26H30N4O2/c1-17-8-9-23-21(14-17)22(15-20(4)27-23)26(32)30-12-10-29(11-13-30)16-24(31)28-25-18(2)6-5-7-19(25)3/h5-9,14-15H,10-13,16H2,1-4H3,(H,28,31). The van der Waals surface area contributed by atoms with Gasteiger partial charge in [0.15, 0.2) is 0 Å². The molecule has 6 nitrogen and oxygen atoms in total. The first kappa shape index (κ1) is 22.0. The molecular formula is C26H30N4O2. The van der Waals surface area contributed by atoms with Crippen LogP contribution >= 0.6 is 0 Å². The van der Waals surface area contributed by atoms with Crippen LogP contribution in [0.3, 0.4) is 0 Å². The number of nitrogens with zero attached hydrogens (tertiary/aromatic N) is 3. The molecule has 1 fully saturated rings. The molecule has 3 aromatic rings. The molecule has 0 saturated carbocycles. The molecule has 2 aromatic carbocycles. The van der Waals surface area contributed by atoms with Crippen LogP contribution in [0.5, 0.6) is 0 Å². The van der Waals surface area contributed by atoms with Crippen LogP contribution in [0.15, 0.2) is 42.5 Å². The van der Waals surface area contributed by atoms with E-state index in [1.54, 1.807) is 0 Å². The molecule has 1 aromatic heterocycles. The maximum absolute atomic E-state index is 13.3. The Hall–Kier alpha value is -3.25. The van der Waals surface area contributed by atoms with Gasteiger partial charge in [0.2, 0.25) is 5.91 Å². The number of carbonyl (C=O) groups is 2. The van der Waals surface area contributed by atoms with Crippen molar-refractivity contribution in [3.8, 4) is 0 Å². The average molecular weight is 431 g/mol. The molecule has 1 aliphatic heterocycles. The van der Waals surface area contributed by atoms with E-state index >= 15 is 0 Å². The van der Waals surface area contributed by atoms with Gasteiger partial charge in [0, 0.05) is 42.9 Å². The number of para-hydroxylation sites is 1. The number of hydrogen-bond acceptors (Lipinski definition) is 4. The van der Waals surface area contributed by atoms with E-state index < -0.39 is 0 Å². The Morgan fingerprint density at radius 3 is 2.31 bits per heavy atom. The van der Waals surface area contributed by atoms with Gasteiger partial charge in [-0.25, -0.2) is 0 Å². The van der Waals surface area contributed by atoms with Crippen LogP contribution in [0.25, 0.3) is 10.9 Å². The molecule has 2 heterocycles. The second-order valence-electron chi connectivity index (χ2n) is 8.72. The first-order valence-electron chi connectivity index (χ1n) is 11.1. The summed E-state index contributed by atoms with van der Waals surface area (Å²) in [6.45, 7) is 10.8. The largest absolute Gasteiger partial charge is 0.336 e. The summed E-state index contributed by atoms with van der Waals surface area (Å²) in [7, 11) is 0. The Bertz CT molecular complexity index is 1160. The van der Waals surface area contributed by atoms with Gasteiger partial charge in [-0.2, -0.15) is 0 Å². The average Bonchev–Trinajstić information content (AvgIpc) is 2.76. The number of hydrogen-bond donors (Lipinski definition) is 1. The van der Waals surface area contributed by atoms with Crippen molar-refractivity contribution in [2.24, 2.45) is 0 Å². The summed E-state index contributed by atoms with van der Waals surface area (Å²) in [5.41, 5.74) is 6.51. The van der Waals surface area contributed by atoms with Gasteiger partial charge >= 0.3 is 0 Å². The Labute approximate surface area is 189 Å². The minimum Gasteiger partial charge on any atom is -0.336 e. The normalized spacial score (nSPS) is 14.6. The highest BCUT2D eigenvalue weighted by atomic mass is 16.2. The molecular weight excluding hydrogens is 400 g/mol. The zero-order valence-electron chi connectivity index (χ0n) is 19.2. The lowest BCUT2D eigenvalue weighted by Crippen LogP contribution is -2.50. The predicted molar refractivity (Wildman–Crippen MR) is 128 cm³/mol. The highest BCUT2D eigenvalue weighted by molar-refractivity contribution is 6.06. The molecule has 0 aliphatic carbocycles. The fourth-order valence-electron chi connectivity index (χ4n) is 4.32. The van der Waals surface area contributed by atoms with Gasteiger partial charge in [0.1, 0.15) is 0 Å². The fraction of sp³-hybridized carbons (Fsp3) is 0.346. The summed E-state index contributed by atoms with van der Waals surface area (Å²) in [5, 5.41) is 3.95. The molecule has 4 rings (SSSR count). The lowest BCUT2D eigenvalue weighted by Gasteiger charge is -2.34. The van der Waals surface area contributed by atoms with E-state index in [0.29, 0.717) is 38.3 Å². The number of anilines is 1. The molecule has 0 unspecified atom stereocenters. The maximum Gasteiger partial charge on any atom is 0.254 e. The Morgan fingerprint density at radius 1 is 0.938 bits per heavy atom. The van der Waals surface area contributed by atoms with Crippen LogP contribution in [0.1, 0.15) is 32.7 Å². The van der Waals surface area contributed by atoms with Crippen molar-refractivity contribution in [2.75, 3.05) is 38.0 Å². The Balaban J connectivity index is 1.40. The van der Waals surface area contributed by atoms with Gasteiger partial charge in [0.05, 0.1) is 17.6 Å². The monoisotopic (exact) mass is 430 g/mol. The van der Waals surface area contributed by atoms with Crippen LogP contribution < -0.4 is 5.32 Å². The zero-order valence-corrected chi connectivity index (χ0v) is 19.2. The van der Waals surface area contributed by atoms with Crippen LogP contribution in [-0.2, 0) is 4.79 Å². The molecule has 0 bridgehead atoms. The van der Waals surface area contributed by atoms with E-state index in [4.69, 9.17) is 0 Å². The number of amides is 2. The third-order valence-corrected chi connectivity index (χ3v) is 6.09. The molecule has 0 atom stereocenters. The quantitative estimate of drug-likeness (QED) is 0.683. The van der Waals surface area contributed by atoms with Gasteiger partial charge in [-0.15, -0.1) is 0 Å². The number of benzene rings is 2. The number of piperazine rings is 1. The van der Waals surface area contributed by atoms with E-state index in [1.165, 1.54) is 0 Å². The van der Waals surface area contributed by atoms with Crippen molar-refractivity contribution in [1.29, 1.82) is 0 Å². The number of pyridine rings is 1. The molecule has 166 valence electrons. The third-order valence-electron chi connectivity index (χ3n) is 6.09. The van der Waals surface area contributed by atoms with E-state index in [0.717, 1.165) is 39.0 Å². The van der Waals surface area contributed by atoms with E-state index in [9.17, 15) is 9.59 Å². The molecule has 1 saturated heterocycles. The van der Waals surface area contributed by atoms with Crippen LogP contribution in [0.2, 0.25) is 0 Å². The van der Waals surface area contributed by atoms with E-state index in [2.05, 4.69) is 15.2 Å². The minimum absolute atomic E-state index is 0.0200. The van der Waals surface area contributed by atoms with E-state index in [-0.39, 0.29) is 11.8 Å². The smallest absolute Gasteiger partial charge is 0.254 e. The van der Waals surface area contributed by atoms with Crippen LogP contribution in [0.4, 0.5) is 5.69 Å². The summed E-state index contributed by atoms with van der Waals surface area (Å²) in [5.74, 6) is 0.0131. The lowest BCUT2D eigenvalue weighted by atomic mass is 10.0. The molecule has 2 amide bonds. The number of rotatable bonds is 4. The third kappa shape index (κ3) is 4.65. The molecule has 1 N–H and O–H groups in total. The van der Waals surface area contributed by atoms with Crippen molar-refractivity contribution in [3.63, 3.8) is 0 Å². The predicted octanol–water partition coefficient (Wildman–Crippen LogP) is 3.86. The van der Waals surface area contributed by atoms with Crippen molar-refractivity contribution >= 4 is 28.4 Å². The summed E-state index contributed by atoms with van der Waals surface area (Å²) >= 11 is 0. The highest BCUT2D eigenvalue weighted by Crippen LogP contribution is 2.22. The second kappa shape index (κ2) is 9.09. The Morgan fingerprint density at radius 2 is 1.62 bits per heavy atom. The molecule has 1 aliphatic rings. The number of aryl methyl sites for hydroxylation is 4. The van der Waals surface area contributed by atoms with Gasteiger partial charge in [-0.3, -0.25) is 19.5 Å². The molecule has 0 spiro atoms. The van der Waals surface area contributed by atoms with Gasteiger partial charge in [-0.05, 0) is 57.0 Å². The molecule has 6 heteroatoms. The topological polar surface area (TPSA) is 65.5 Å². The number of carbonyl (C=O) groups excluding carboxylic acids is 2. The number of aromatic nitrogens is 1. The molecule has 0 radical (unpaired) electrons. The second-order valence-corrected chi connectivity index (χ2v) is 8.72. The van der Waals surface area contributed by atoms with Crippen LogP contribution in [0, 0.1) is 27.7 Å².